The molecule has 1 heterocycles. The standard InChI is InChI=1S/C13H23N5O/c1-5-6-15-12(19)8-18(4)11-7-10(14)16-13(17-11)9(2)3/h7,9H,5-6,8H2,1-4H3,(H,15,19)(H2,14,16,17). The van der Waals surface area contributed by atoms with E-state index in [1.165, 1.54) is 0 Å². The van der Waals surface area contributed by atoms with Crippen molar-refractivity contribution in [2.75, 3.05) is 30.8 Å². The van der Waals surface area contributed by atoms with E-state index in [9.17, 15) is 4.79 Å². The third-order valence-electron chi connectivity index (χ3n) is 2.61. The molecule has 0 aliphatic rings. The van der Waals surface area contributed by atoms with E-state index < -0.39 is 0 Å². The van der Waals surface area contributed by atoms with Crippen molar-refractivity contribution in [3.63, 3.8) is 0 Å². The fourth-order valence-corrected chi connectivity index (χ4v) is 1.54. The number of likely N-dealkylation sites (N-methyl/N-ethyl adjacent to an activating group) is 1. The second-order valence-corrected chi connectivity index (χ2v) is 4.87. The molecule has 0 bridgehead atoms. The molecule has 1 aromatic heterocycles. The van der Waals surface area contributed by atoms with Crippen LogP contribution < -0.4 is 16.0 Å². The normalized spacial score (nSPS) is 10.6. The lowest BCUT2D eigenvalue weighted by atomic mass is 10.2. The molecule has 106 valence electrons. The highest BCUT2D eigenvalue weighted by Crippen LogP contribution is 2.17. The highest BCUT2D eigenvalue weighted by atomic mass is 16.2. The Balaban J connectivity index is 2.76. The quantitative estimate of drug-likeness (QED) is 0.806. The van der Waals surface area contributed by atoms with E-state index in [1.807, 2.05) is 27.8 Å². The molecule has 19 heavy (non-hydrogen) atoms. The highest BCUT2D eigenvalue weighted by molar-refractivity contribution is 5.80. The Kier molecular flexibility index (Phi) is 5.54. The number of rotatable bonds is 6. The average Bonchev–Trinajstić information content (AvgIpc) is 2.35. The molecule has 3 N–H and O–H groups in total. The number of hydrogen-bond donors (Lipinski definition) is 2. The summed E-state index contributed by atoms with van der Waals surface area (Å²) in [6.07, 6.45) is 0.924. The summed E-state index contributed by atoms with van der Waals surface area (Å²) in [5, 5.41) is 2.83. The average molecular weight is 265 g/mol. The molecule has 0 aromatic carbocycles. The number of carbonyl (C=O) groups excluding carboxylic acids is 1. The number of nitrogen functional groups attached to an aromatic ring is 1. The lowest BCUT2D eigenvalue weighted by molar-refractivity contribution is -0.119. The zero-order chi connectivity index (χ0) is 14.4. The van der Waals surface area contributed by atoms with Gasteiger partial charge in [0.05, 0.1) is 6.54 Å². The third kappa shape index (κ3) is 4.73. The Morgan fingerprint density at radius 2 is 2.16 bits per heavy atom. The first-order valence-electron chi connectivity index (χ1n) is 6.56. The van der Waals surface area contributed by atoms with Gasteiger partial charge in [0.2, 0.25) is 5.91 Å². The zero-order valence-electron chi connectivity index (χ0n) is 12.1. The smallest absolute Gasteiger partial charge is 0.239 e. The maximum atomic E-state index is 11.7. The van der Waals surface area contributed by atoms with Crippen LogP contribution in [0.4, 0.5) is 11.6 Å². The number of nitrogens with zero attached hydrogens (tertiary/aromatic N) is 3. The van der Waals surface area contributed by atoms with Gasteiger partial charge in [0.15, 0.2) is 0 Å². The minimum atomic E-state index is -0.0207. The van der Waals surface area contributed by atoms with Gasteiger partial charge in [-0.25, -0.2) is 9.97 Å². The molecule has 1 rings (SSSR count). The fourth-order valence-electron chi connectivity index (χ4n) is 1.54. The first kappa shape index (κ1) is 15.2. The zero-order valence-corrected chi connectivity index (χ0v) is 12.1. The van der Waals surface area contributed by atoms with Gasteiger partial charge in [-0.15, -0.1) is 0 Å². The van der Waals surface area contributed by atoms with Crippen molar-refractivity contribution in [1.82, 2.24) is 15.3 Å². The Labute approximate surface area is 114 Å². The van der Waals surface area contributed by atoms with E-state index >= 15 is 0 Å². The minimum absolute atomic E-state index is 0.0207. The first-order valence-corrected chi connectivity index (χ1v) is 6.56. The second kappa shape index (κ2) is 6.92. The maximum Gasteiger partial charge on any atom is 0.239 e. The molecule has 0 aliphatic heterocycles. The summed E-state index contributed by atoms with van der Waals surface area (Å²) in [7, 11) is 1.82. The summed E-state index contributed by atoms with van der Waals surface area (Å²) in [5.41, 5.74) is 5.77. The van der Waals surface area contributed by atoms with Crippen molar-refractivity contribution in [1.29, 1.82) is 0 Å². The third-order valence-corrected chi connectivity index (χ3v) is 2.61. The molecular formula is C13H23N5O. The van der Waals surface area contributed by atoms with Gasteiger partial charge in [-0.1, -0.05) is 20.8 Å². The summed E-state index contributed by atoms with van der Waals surface area (Å²) < 4.78 is 0. The van der Waals surface area contributed by atoms with Gasteiger partial charge in [-0.05, 0) is 6.42 Å². The van der Waals surface area contributed by atoms with Crippen LogP contribution in [-0.2, 0) is 4.79 Å². The van der Waals surface area contributed by atoms with Crippen LogP contribution in [0.15, 0.2) is 6.07 Å². The van der Waals surface area contributed by atoms with Crippen LogP contribution in [-0.4, -0.2) is 36.0 Å². The van der Waals surface area contributed by atoms with Gasteiger partial charge >= 0.3 is 0 Å². The van der Waals surface area contributed by atoms with Gasteiger partial charge in [-0.3, -0.25) is 4.79 Å². The number of anilines is 2. The molecule has 1 aromatic rings. The molecule has 0 radical (unpaired) electrons. The van der Waals surface area contributed by atoms with Crippen LogP contribution in [0.3, 0.4) is 0 Å². The SMILES string of the molecule is CCCNC(=O)CN(C)c1cc(N)nc(C(C)C)n1. The monoisotopic (exact) mass is 265 g/mol. The summed E-state index contributed by atoms with van der Waals surface area (Å²) in [6, 6.07) is 1.68. The van der Waals surface area contributed by atoms with Crippen LogP contribution in [0.2, 0.25) is 0 Å². The van der Waals surface area contributed by atoms with Crippen molar-refractivity contribution in [2.45, 2.75) is 33.1 Å². The van der Waals surface area contributed by atoms with E-state index in [2.05, 4.69) is 15.3 Å². The van der Waals surface area contributed by atoms with Crippen LogP contribution in [0, 0.1) is 0 Å². The van der Waals surface area contributed by atoms with Crippen molar-refractivity contribution in [3.05, 3.63) is 11.9 Å². The van der Waals surface area contributed by atoms with Crippen LogP contribution >= 0.6 is 0 Å². The van der Waals surface area contributed by atoms with Crippen LogP contribution in [0.5, 0.6) is 0 Å². The predicted octanol–water partition coefficient (Wildman–Crippen LogP) is 1.14. The molecule has 0 spiro atoms. The molecule has 0 unspecified atom stereocenters. The number of amides is 1. The van der Waals surface area contributed by atoms with Gasteiger partial charge in [0.25, 0.3) is 0 Å². The predicted molar refractivity (Wildman–Crippen MR) is 77.1 cm³/mol. The Hall–Kier alpha value is -1.85. The molecular weight excluding hydrogens is 242 g/mol. The van der Waals surface area contributed by atoms with Gasteiger partial charge in [-0.2, -0.15) is 0 Å². The highest BCUT2D eigenvalue weighted by Gasteiger charge is 2.12. The molecule has 6 heteroatoms. The molecule has 0 saturated carbocycles. The van der Waals surface area contributed by atoms with Gasteiger partial charge < -0.3 is 16.0 Å². The lowest BCUT2D eigenvalue weighted by Crippen LogP contribution is -2.36. The number of aromatic nitrogens is 2. The Bertz CT molecular complexity index is 433. The van der Waals surface area contributed by atoms with Gasteiger partial charge in [0, 0.05) is 25.6 Å². The topological polar surface area (TPSA) is 84.1 Å². The van der Waals surface area contributed by atoms with Crippen molar-refractivity contribution < 1.29 is 4.79 Å². The van der Waals surface area contributed by atoms with Crippen molar-refractivity contribution in [2.24, 2.45) is 0 Å². The molecule has 0 atom stereocenters. The van der Waals surface area contributed by atoms with E-state index in [0.29, 0.717) is 24.0 Å². The molecule has 0 fully saturated rings. The first-order chi connectivity index (χ1) is 8.93. The maximum absolute atomic E-state index is 11.7. The summed E-state index contributed by atoms with van der Waals surface area (Å²) >= 11 is 0. The molecule has 6 nitrogen and oxygen atoms in total. The second-order valence-electron chi connectivity index (χ2n) is 4.87. The van der Waals surface area contributed by atoms with E-state index in [-0.39, 0.29) is 18.4 Å². The Morgan fingerprint density at radius 3 is 2.74 bits per heavy atom. The molecule has 1 amide bonds. The van der Waals surface area contributed by atoms with Crippen molar-refractivity contribution >= 4 is 17.5 Å². The van der Waals surface area contributed by atoms with E-state index in [0.717, 1.165) is 6.42 Å². The Morgan fingerprint density at radius 1 is 1.47 bits per heavy atom. The van der Waals surface area contributed by atoms with Crippen LogP contribution in [0.1, 0.15) is 38.9 Å². The summed E-state index contributed by atoms with van der Waals surface area (Å²) in [4.78, 5) is 22.0. The minimum Gasteiger partial charge on any atom is -0.384 e. The molecule has 0 saturated heterocycles. The summed E-state index contributed by atoms with van der Waals surface area (Å²) in [5.74, 6) is 1.96. The van der Waals surface area contributed by atoms with E-state index in [1.54, 1.807) is 11.0 Å². The summed E-state index contributed by atoms with van der Waals surface area (Å²) in [6.45, 7) is 6.98. The van der Waals surface area contributed by atoms with E-state index in [4.69, 9.17) is 5.73 Å². The number of carbonyl (C=O) groups is 1. The fraction of sp³-hybridized carbons (Fsp3) is 0.615. The number of hydrogen-bond acceptors (Lipinski definition) is 5. The number of nitrogens with one attached hydrogen (secondary N) is 1. The largest absolute Gasteiger partial charge is 0.384 e. The van der Waals surface area contributed by atoms with Gasteiger partial charge in [0.1, 0.15) is 17.5 Å². The van der Waals surface area contributed by atoms with Crippen LogP contribution in [0.25, 0.3) is 0 Å². The van der Waals surface area contributed by atoms with Crippen molar-refractivity contribution in [3.8, 4) is 0 Å². The number of nitrogens with two attached hydrogens (primary N) is 1. The lowest BCUT2D eigenvalue weighted by Gasteiger charge is -2.19. The molecule has 0 aliphatic carbocycles.